The summed E-state index contributed by atoms with van der Waals surface area (Å²) in [5.41, 5.74) is 0.704. The molecule has 2 aliphatic rings. The van der Waals surface area contributed by atoms with Crippen molar-refractivity contribution in [2.75, 3.05) is 20.8 Å². The number of rotatable bonds is 7. The Balaban J connectivity index is 1.74. The van der Waals surface area contributed by atoms with Gasteiger partial charge >= 0.3 is 0 Å². The van der Waals surface area contributed by atoms with Gasteiger partial charge in [0, 0.05) is 0 Å². The van der Waals surface area contributed by atoms with Crippen molar-refractivity contribution in [3.63, 3.8) is 0 Å². The SMILES string of the molecule is COc1cc(C=C2SC(=O)NC2=O)cc(OC)c1OCCC1CCCCC1. The fourth-order valence-corrected chi connectivity index (χ4v) is 4.18. The number of nitrogens with one attached hydrogen (secondary N) is 1. The van der Waals surface area contributed by atoms with E-state index in [1.807, 2.05) is 0 Å². The van der Waals surface area contributed by atoms with E-state index in [1.54, 1.807) is 32.4 Å². The van der Waals surface area contributed by atoms with Crippen LogP contribution in [0, 0.1) is 5.92 Å². The Hall–Kier alpha value is -2.15. The van der Waals surface area contributed by atoms with E-state index in [-0.39, 0.29) is 5.24 Å². The molecule has 6 nitrogen and oxygen atoms in total. The highest BCUT2D eigenvalue weighted by atomic mass is 32.2. The number of imide groups is 1. The molecular formula is C20H25NO5S. The standard InChI is InChI=1S/C20H25NO5S/c1-24-15-10-14(12-17-19(22)21-20(23)27-17)11-16(25-2)18(15)26-9-8-13-6-4-3-5-7-13/h10-13H,3-9H2,1-2H3,(H,21,22,23). The topological polar surface area (TPSA) is 73.9 Å². The van der Waals surface area contributed by atoms with Crippen LogP contribution in [0.3, 0.4) is 0 Å². The van der Waals surface area contributed by atoms with E-state index < -0.39 is 5.91 Å². The molecule has 1 saturated carbocycles. The average Bonchev–Trinajstić information content (AvgIpc) is 2.99. The number of methoxy groups -OCH3 is 2. The minimum atomic E-state index is -0.393. The third kappa shape index (κ3) is 4.97. The van der Waals surface area contributed by atoms with E-state index >= 15 is 0 Å². The second-order valence-electron chi connectivity index (χ2n) is 6.75. The van der Waals surface area contributed by atoms with Crippen LogP contribution < -0.4 is 19.5 Å². The van der Waals surface area contributed by atoms with Crippen LogP contribution in [-0.4, -0.2) is 32.0 Å². The first-order valence-corrected chi connectivity index (χ1v) is 10.1. The van der Waals surface area contributed by atoms with Gasteiger partial charge in [-0.05, 0) is 47.9 Å². The van der Waals surface area contributed by atoms with Gasteiger partial charge in [-0.1, -0.05) is 32.1 Å². The van der Waals surface area contributed by atoms with Crippen LogP contribution in [-0.2, 0) is 4.79 Å². The summed E-state index contributed by atoms with van der Waals surface area (Å²) in [6, 6.07) is 3.56. The normalized spacial score (nSPS) is 19.3. The Morgan fingerprint density at radius 3 is 2.33 bits per heavy atom. The fourth-order valence-electron chi connectivity index (χ4n) is 3.50. The van der Waals surface area contributed by atoms with Gasteiger partial charge in [0.25, 0.3) is 11.1 Å². The molecule has 27 heavy (non-hydrogen) atoms. The lowest BCUT2D eigenvalue weighted by molar-refractivity contribution is -0.115. The summed E-state index contributed by atoms with van der Waals surface area (Å²) in [6.45, 7) is 0.616. The molecule has 1 heterocycles. The molecule has 0 atom stereocenters. The zero-order valence-electron chi connectivity index (χ0n) is 15.7. The van der Waals surface area contributed by atoms with Crippen molar-refractivity contribution in [1.82, 2.24) is 5.32 Å². The molecule has 1 aromatic rings. The molecule has 1 aliphatic carbocycles. The molecule has 2 amide bonds. The van der Waals surface area contributed by atoms with Crippen LogP contribution in [0.5, 0.6) is 17.2 Å². The number of carbonyl (C=O) groups excluding carboxylic acids is 2. The maximum absolute atomic E-state index is 11.7. The largest absolute Gasteiger partial charge is 0.493 e. The molecule has 7 heteroatoms. The molecule has 1 aromatic carbocycles. The van der Waals surface area contributed by atoms with Gasteiger partial charge in [-0.15, -0.1) is 0 Å². The van der Waals surface area contributed by atoms with Gasteiger partial charge in [-0.2, -0.15) is 0 Å². The van der Waals surface area contributed by atoms with Gasteiger partial charge < -0.3 is 14.2 Å². The highest BCUT2D eigenvalue weighted by Crippen LogP contribution is 2.40. The summed E-state index contributed by atoms with van der Waals surface area (Å²) in [4.78, 5) is 23.4. The molecule has 0 bridgehead atoms. The van der Waals surface area contributed by atoms with Crippen LogP contribution in [0.1, 0.15) is 44.1 Å². The number of ether oxygens (including phenoxy) is 3. The minimum absolute atomic E-state index is 0.343. The summed E-state index contributed by atoms with van der Waals surface area (Å²) < 4.78 is 17.0. The summed E-state index contributed by atoms with van der Waals surface area (Å²) in [5.74, 6) is 1.99. The average molecular weight is 391 g/mol. The second-order valence-corrected chi connectivity index (χ2v) is 7.76. The van der Waals surface area contributed by atoms with Crippen molar-refractivity contribution >= 4 is 29.0 Å². The Bertz CT molecular complexity index is 715. The van der Waals surface area contributed by atoms with Gasteiger partial charge in [-0.3, -0.25) is 14.9 Å². The quantitative estimate of drug-likeness (QED) is 0.696. The molecule has 1 saturated heterocycles. The maximum atomic E-state index is 11.7. The molecule has 2 fully saturated rings. The summed E-state index contributed by atoms with van der Waals surface area (Å²) in [5, 5.41) is 1.88. The first kappa shape index (κ1) is 19.6. The lowest BCUT2D eigenvalue weighted by atomic mass is 9.87. The Kier molecular flexibility index (Phi) is 6.66. The zero-order valence-corrected chi connectivity index (χ0v) is 16.5. The third-order valence-electron chi connectivity index (χ3n) is 4.92. The summed E-state index contributed by atoms with van der Waals surface area (Å²) in [6.07, 6.45) is 9.20. The number of hydrogen-bond donors (Lipinski definition) is 1. The molecule has 1 aliphatic heterocycles. The van der Waals surface area contributed by atoms with E-state index in [1.165, 1.54) is 32.1 Å². The van der Waals surface area contributed by atoms with Crippen LogP contribution >= 0.6 is 11.8 Å². The third-order valence-corrected chi connectivity index (χ3v) is 5.73. The highest BCUT2D eigenvalue weighted by molar-refractivity contribution is 8.18. The Morgan fingerprint density at radius 1 is 1.11 bits per heavy atom. The van der Waals surface area contributed by atoms with Crippen molar-refractivity contribution in [1.29, 1.82) is 0 Å². The number of amides is 2. The van der Waals surface area contributed by atoms with Gasteiger partial charge in [0.1, 0.15) is 0 Å². The highest BCUT2D eigenvalue weighted by Gasteiger charge is 2.25. The van der Waals surface area contributed by atoms with Crippen LogP contribution in [0.25, 0.3) is 6.08 Å². The Labute approximate surface area is 163 Å². The first-order chi connectivity index (χ1) is 13.1. The molecule has 0 spiro atoms. The van der Waals surface area contributed by atoms with Crippen molar-refractivity contribution < 1.29 is 23.8 Å². The fraction of sp³-hybridized carbons (Fsp3) is 0.500. The van der Waals surface area contributed by atoms with Crippen LogP contribution in [0.4, 0.5) is 4.79 Å². The Morgan fingerprint density at radius 2 is 1.78 bits per heavy atom. The van der Waals surface area contributed by atoms with Crippen LogP contribution in [0.2, 0.25) is 0 Å². The van der Waals surface area contributed by atoms with Gasteiger partial charge in [-0.25, -0.2) is 0 Å². The lowest BCUT2D eigenvalue weighted by Gasteiger charge is -2.22. The van der Waals surface area contributed by atoms with E-state index in [9.17, 15) is 9.59 Å². The van der Waals surface area contributed by atoms with E-state index in [0.29, 0.717) is 34.3 Å². The molecule has 0 radical (unpaired) electrons. The number of carbonyl (C=O) groups is 2. The van der Waals surface area contributed by atoms with Crippen molar-refractivity contribution in [3.05, 3.63) is 22.6 Å². The predicted octanol–water partition coefficient (Wildman–Crippen LogP) is 4.38. The van der Waals surface area contributed by atoms with Crippen LogP contribution in [0.15, 0.2) is 17.0 Å². The molecular weight excluding hydrogens is 366 g/mol. The van der Waals surface area contributed by atoms with Crippen molar-refractivity contribution in [2.24, 2.45) is 5.92 Å². The maximum Gasteiger partial charge on any atom is 0.290 e. The van der Waals surface area contributed by atoms with Gasteiger partial charge in [0.15, 0.2) is 11.5 Å². The number of thioether (sulfide) groups is 1. The van der Waals surface area contributed by atoms with E-state index in [2.05, 4.69) is 5.32 Å². The number of benzene rings is 1. The molecule has 0 unspecified atom stereocenters. The van der Waals surface area contributed by atoms with E-state index in [4.69, 9.17) is 14.2 Å². The van der Waals surface area contributed by atoms with Gasteiger partial charge in [0.05, 0.1) is 25.7 Å². The lowest BCUT2D eigenvalue weighted by Crippen LogP contribution is -2.17. The summed E-state index contributed by atoms with van der Waals surface area (Å²) >= 11 is 0.878. The van der Waals surface area contributed by atoms with E-state index in [0.717, 1.165) is 24.1 Å². The molecule has 1 N–H and O–H groups in total. The molecule has 0 aromatic heterocycles. The molecule has 3 rings (SSSR count). The van der Waals surface area contributed by atoms with Crippen molar-refractivity contribution in [3.8, 4) is 17.2 Å². The molecule has 146 valence electrons. The first-order valence-electron chi connectivity index (χ1n) is 9.24. The zero-order chi connectivity index (χ0) is 19.2. The number of hydrogen-bond acceptors (Lipinski definition) is 6. The van der Waals surface area contributed by atoms with Gasteiger partial charge in [0.2, 0.25) is 5.75 Å². The minimum Gasteiger partial charge on any atom is -0.493 e. The smallest absolute Gasteiger partial charge is 0.290 e. The monoisotopic (exact) mass is 391 g/mol. The predicted molar refractivity (Wildman–Crippen MR) is 105 cm³/mol. The second kappa shape index (κ2) is 9.17. The summed E-state index contributed by atoms with van der Waals surface area (Å²) in [7, 11) is 3.14. The van der Waals surface area contributed by atoms with Crippen molar-refractivity contribution in [2.45, 2.75) is 38.5 Å².